The largest absolute Gasteiger partial charge is 0.384 e. The molecule has 1 aliphatic heterocycles. The van der Waals surface area contributed by atoms with Gasteiger partial charge in [-0.15, -0.1) is 0 Å². The Bertz CT molecular complexity index is 511. The average molecular weight is 303 g/mol. The Kier molecular flexibility index (Phi) is 5.95. The van der Waals surface area contributed by atoms with Gasteiger partial charge in [0.05, 0.1) is 12.2 Å². The monoisotopic (exact) mass is 303 g/mol. The minimum absolute atomic E-state index is 0.0553. The molecule has 1 amide bonds. The lowest BCUT2D eigenvalue weighted by Crippen LogP contribution is -2.41. The van der Waals surface area contributed by atoms with Crippen molar-refractivity contribution in [3.8, 4) is 0 Å². The van der Waals surface area contributed by atoms with Crippen molar-refractivity contribution in [2.45, 2.75) is 19.8 Å². The maximum Gasteiger partial charge on any atom is 0.255 e. The molecule has 1 N–H and O–H groups in total. The summed E-state index contributed by atoms with van der Waals surface area (Å²) in [4.78, 5) is 18.7. The van der Waals surface area contributed by atoms with Gasteiger partial charge < -0.3 is 15.0 Å². The van der Waals surface area contributed by atoms with E-state index < -0.39 is 0 Å². The summed E-state index contributed by atoms with van der Waals surface area (Å²) >= 11 is 0. The lowest BCUT2D eigenvalue weighted by atomic mass is 9.98. The number of likely N-dealkylation sites (tertiary alicyclic amines) is 1. The number of methoxy groups -OCH3 is 1. The SMILES string of the molecule is C=C(C)CNc1ccc(C(=O)N2CCC[C@H](COC)C2)cn1. The molecule has 5 heteroatoms. The smallest absolute Gasteiger partial charge is 0.255 e. The summed E-state index contributed by atoms with van der Waals surface area (Å²) < 4.78 is 5.21. The van der Waals surface area contributed by atoms with Crippen LogP contribution in [0.4, 0.5) is 5.82 Å². The van der Waals surface area contributed by atoms with Crippen LogP contribution in [0, 0.1) is 5.92 Å². The van der Waals surface area contributed by atoms with Crippen LogP contribution in [0.2, 0.25) is 0 Å². The van der Waals surface area contributed by atoms with Gasteiger partial charge in [0, 0.05) is 32.9 Å². The first-order chi connectivity index (χ1) is 10.6. The Morgan fingerprint density at radius 3 is 3.00 bits per heavy atom. The number of hydrogen-bond acceptors (Lipinski definition) is 4. The number of nitrogens with one attached hydrogen (secondary N) is 1. The molecule has 2 rings (SSSR count). The van der Waals surface area contributed by atoms with Crippen molar-refractivity contribution < 1.29 is 9.53 Å². The summed E-state index contributed by atoms with van der Waals surface area (Å²) in [6, 6.07) is 3.67. The molecule has 0 saturated carbocycles. The number of carbonyl (C=O) groups excluding carboxylic acids is 1. The van der Waals surface area contributed by atoms with Crippen molar-refractivity contribution in [1.29, 1.82) is 0 Å². The molecular formula is C17H25N3O2. The van der Waals surface area contributed by atoms with Crippen molar-refractivity contribution in [3.63, 3.8) is 0 Å². The molecule has 1 aromatic rings. The molecule has 5 nitrogen and oxygen atoms in total. The van der Waals surface area contributed by atoms with Crippen LogP contribution in [0.25, 0.3) is 0 Å². The highest BCUT2D eigenvalue weighted by Crippen LogP contribution is 2.19. The summed E-state index contributed by atoms with van der Waals surface area (Å²) in [7, 11) is 1.71. The van der Waals surface area contributed by atoms with E-state index in [0.717, 1.165) is 37.3 Å². The third-order valence-corrected chi connectivity index (χ3v) is 3.79. The van der Waals surface area contributed by atoms with Crippen LogP contribution in [0.15, 0.2) is 30.5 Å². The molecule has 0 bridgehead atoms. The van der Waals surface area contributed by atoms with Gasteiger partial charge in [-0.1, -0.05) is 12.2 Å². The Labute approximate surface area is 132 Å². The number of ether oxygens (including phenoxy) is 1. The first-order valence-corrected chi connectivity index (χ1v) is 7.72. The first-order valence-electron chi connectivity index (χ1n) is 7.72. The lowest BCUT2D eigenvalue weighted by molar-refractivity contribution is 0.0570. The topological polar surface area (TPSA) is 54.5 Å². The van der Waals surface area contributed by atoms with Crippen LogP contribution < -0.4 is 5.32 Å². The van der Waals surface area contributed by atoms with E-state index in [1.807, 2.05) is 24.0 Å². The Morgan fingerprint density at radius 2 is 2.36 bits per heavy atom. The third kappa shape index (κ3) is 4.56. The number of pyridine rings is 1. The molecule has 2 heterocycles. The van der Waals surface area contributed by atoms with E-state index in [9.17, 15) is 4.79 Å². The molecular weight excluding hydrogens is 278 g/mol. The molecule has 1 aliphatic rings. The van der Waals surface area contributed by atoms with E-state index in [2.05, 4.69) is 16.9 Å². The molecule has 0 spiro atoms. The quantitative estimate of drug-likeness (QED) is 0.821. The Morgan fingerprint density at radius 1 is 1.55 bits per heavy atom. The Hall–Kier alpha value is -1.88. The summed E-state index contributed by atoms with van der Waals surface area (Å²) in [6.45, 7) is 8.77. The number of piperidine rings is 1. The van der Waals surface area contributed by atoms with E-state index in [0.29, 0.717) is 24.6 Å². The van der Waals surface area contributed by atoms with Gasteiger partial charge in [0.1, 0.15) is 5.82 Å². The summed E-state index contributed by atoms with van der Waals surface area (Å²) in [6.07, 6.45) is 3.80. The lowest BCUT2D eigenvalue weighted by Gasteiger charge is -2.32. The van der Waals surface area contributed by atoms with Crippen LogP contribution >= 0.6 is 0 Å². The van der Waals surface area contributed by atoms with Gasteiger partial charge in [0.15, 0.2) is 0 Å². The number of aromatic nitrogens is 1. The zero-order chi connectivity index (χ0) is 15.9. The molecule has 1 fully saturated rings. The standard InChI is InChI=1S/C17H25N3O2/c1-13(2)9-18-16-7-6-15(10-19-16)17(21)20-8-4-5-14(11-20)12-22-3/h6-7,10,14H,1,4-5,8-9,11-12H2,2-3H3,(H,18,19)/t14-/m0/s1. The van der Waals surface area contributed by atoms with Crippen molar-refractivity contribution >= 4 is 11.7 Å². The van der Waals surface area contributed by atoms with E-state index in [-0.39, 0.29) is 5.91 Å². The number of hydrogen-bond donors (Lipinski definition) is 1. The molecule has 0 aromatic carbocycles. The van der Waals surface area contributed by atoms with Gasteiger partial charge in [-0.05, 0) is 37.8 Å². The number of rotatable bonds is 6. The molecule has 120 valence electrons. The average Bonchev–Trinajstić information content (AvgIpc) is 2.53. The zero-order valence-corrected chi connectivity index (χ0v) is 13.5. The maximum absolute atomic E-state index is 12.5. The van der Waals surface area contributed by atoms with Gasteiger partial charge in [-0.2, -0.15) is 0 Å². The van der Waals surface area contributed by atoms with Crippen LogP contribution in [0.5, 0.6) is 0 Å². The zero-order valence-electron chi connectivity index (χ0n) is 13.5. The fraction of sp³-hybridized carbons (Fsp3) is 0.529. The van der Waals surface area contributed by atoms with Gasteiger partial charge in [-0.25, -0.2) is 4.98 Å². The second-order valence-corrected chi connectivity index (χ2v) is 5.96. The number of nitrogens with zero attached hydrogens (tertiary/aromatic N) is 2. The van der Waals surface area contributed by atoms with Crippen LogP contribution in [-0.2, 0) is 4.74 Å². The van der Waals surface area contributed by atoms with Crippen molar-refractivity contribution in [3.05, 3.63) is 36.0 Å². The third-order valence-electron chi connectivity index (χ3n) is 3.79. The highest BCUT2D eigenvalue weighted by Gasteiger charge is 2.24. The highest BCUT2D eigenvalue weighted by atomic mass is 16.5. The number of anilines is 1. The van der Waals surface area contributed by atoms with Gasteiger partial charge in [-0.3, -0.25) is 4.79 Å². The van der Waals surface area contributed by atoms with E-state index in [1.54, 1.807) is 13.3 Å². The maximum atomic E-state index is 12.5. The minimum Gasteiger partial charge on any atom is -0.384 e. The normalized spacial score (nSPS) is 18.1. The Balaban J connectivity index is 1.95. The second-order valence-electron chi connectivity index (χ2n) is 5.96. The summed E-state index contributed by atoms with van der Waals surface area (Å²) in [5.41, 5.74) is 1.68. The first kappa shape index (κ1) is 16.5. The predicted octanol–water partition coefficient (Wildman–Crippen LogP) is 2.57. The molecule has 0 unspecified atom stereocenters. The van der Waals surface area contributed by atoms with E-state index in [4.69, 9.17) is 4.74 Å². The van der Waals surface area contributed by atoms with Gasteiger partial charge >= 0.3 is 0 Å². The number of carbonyl (C=O) groups is 1. The van der Waals surface area contributed by atoms with Crippen LogP contribution in [0.3, 0.4) is 0 Å². The van der Waals surface area contributed by atoms with Crippen molar-refractivity contribution in [2.24, 2.45) is 5.92 Å². The predicted molar refractivity (Wildman–Crippen MR) is 88.0 cm³/mol. The van der Waals surface area contributed by atoms with E-state index in [1.165, 1.54) is 0 Å². The minimum atomic E-state index is 0.0553. The molecule has 0 aliphatic carbocycles. The highest BCUT2D eigenvalue weighted by molar-refractivity contribution is 5.94. The van der Waals surface area contributed by atoms with Crippen molar-refractivity contribution in [2.75, 3.05) is 38.7 Å². The molecule has 1 atom stereocenters. The molecule has 0 radical (unpaired) electrons. The van der Waals surface area contributed by atoms with Crippen LogP contribution in [-0.4, -0.2) is 49.1 Å². The fourth-order valence-electron chi connectivity index (χ4n) is 2.67. The molecule has 1 aromatic heterocycles. The number of amides is 1. The second kappa shape index (κ2) is 7.94. The fourth-order valence-corrected chi connectivity index (χ4v) is 2.67. The van der Waals surface area contributed by atoms with Crippen LogP contribution in [0.1, 0.15) is 30.1 Å². The summed E-state index contributed by atoms with van der Waals surface area (Å²) in [5.74, 6) is 1.25. The summed E-state index contributed by atoms with van der Waals surface area (Å²) in [5, 5.41) is 3.16. The molecule has 1 saturated heterocycles. The van der Waals surface area contributed by atoms with Crippen molar-refractivity contribution in [1.82, 2.24) is 9.88 Å². The van der Waals surface area contributed by atoms with E-state index >= 15 is 0 Å². The van der Waals surface area contributed by atoms with Gasteiger partial charge in [0.25, 0.3) is 5.91 Å². The van der Waals surface area contributed by atoms with Gasteiger partial charge in [0.2, 0.25) is 0 Å². The molecule has 22 heavy (non-hydrogen) atoms.